The molecule has 10 heteroatoms. The van der Waals surface area contributed by atoms with Crippen LogP contribution in [0.4, 0.5) is 16.2 Å². The maximum Gasteiger partial charge on any atom is 0.338 e. The molecule has 1 aliphatic rings. The van der Waals surface area contributed by atoms with E-state index in [-0.39, 0.29) is 11.3 Å². The zero-order valence-corrected chi connectivity index (χ0v) is 14.3. The first-order valence-corrected chi connectivity index (χ1v) is 8.20. The lowest BCUT2D eigenvalue weighted by atomic mass is 10.1. The maximum absolute atomic E-state index is 12.0. The van der Waals surface area contributed by atoms with E-state index in [0.717, 1.165) is 32.0 Å². The monoisotopic (exact) mass is 364 g/mol. The Labute approximate surface area is 149 Å². The van der Waals surface area contributed by atoms with Crippen LogP contribution in [-0.2, 0) is 9.53 Å². The van der Waals surface area contributed by atoms with Gasteiger partial charge < -0.3 is 15.0 Å². The number of imide groups is 1. The molecule has 26 heavy (non-hydrogen) atoms. The molecule has 2 N–H and O–H groups in total. The number of ether oxygens (including phenoxy) is 1. The molecule has 1 aromatic carbocycles. The van der Waals surface area contributed by atoms with Gasteiger partial charge in [0.2, 0.25) is 0 Å². The fourth-order valence-electron chi connectivity index (χ4n) is 2.60. The Morgan fingerprint density at radius 2 is 1.96 bits per heavy atom. The molecule has 0 unspecified atom stereocenters. The van der Waals surface area contributed by atoms with Gasteiger partial charge in [-0.25, -0.2) is 9.59 Å². The van der Waals surface area contributed by atoms with Crippen molar-refractivity contribution >= 4 is 29.3 Å². The van der Waals surface area contributed by atoms with E-state index in [0.29, 0.717) is 12.2 Å². The van der Waals surface area contributed by atoms with Crippen LogP contribution < -0.4 is 15.5 Å². The highest BCUT2D eigenvalue weighted by atomic mass is 16.6. The number of nitro benzene ring substituents is 1. The fourth-order valence-corrected chi connectivity index (χ4v) is 2.60. The summed E-state index contributed by atoms with van der Waals surface area (Å²) in [7, 11) is 0. The molecule has 0 atom stereocenters. The SMILES string of the molecule is CCNC(=O)NC(=O)COC(=O)c1ccc(N2CCCC2)c([N+](=O)[O-])c1. The Balaban J connectivity index is 2.02. The van der Waals surface area contributed by atoms with Gasteiger partial charge in [0.25, 0.3) is 11.6 Å². The van der Waals surface area contributed by atoms with E-state index >= 15 is 0 Å². The Morgan fingerprint density at radius 1 is 1.27 bits per heavy atom. The van der Waals surface area contributed by atoms with Gasteiger partial charge in [0.15, 0.2) is 6.61 Å². The van der Waals surface area contributed by atoms with Gasteiger partial charge in [-0.05, 0) is 31.9 Å². The highest BCUT2D eigenvalue weighted by Gasteiger charge is 2.24. The third-order valence-corrected chi connectivity index (χ3v) is 3.78. The van der Waals surface area contributed by atoms with E-state index in [4.69, 9.17) is 4.74 Å². The average molecular weight is 364 g/mol. The van der Waals surface area contributed by atoms with Crippen molar-refractivity contribution < 1.29 is 24.0 Å². The molecule has 3 amide bonds. The molecule has 0 aromatic heterocycles. The number of rotatable bonds is 6. The average Bonchev–Trinajstić information content (AvgIpc) is 3.13. The van der Waals surface area contributed by atoms with Gasteiger partial charge in [-0.15, -0.1) is 0 Å². The van der Waals surface area contributed by atoms with Gasteiger partial charge in [0.05, 0.1) is 10.5 Å². The Hall–Kier alpha value is -3.17. The molecule has 1 aromatic rings. The number of nitro groups is 1. The number of nitrogens with one attached hydrogen (secondary N) is 2. The lowest BCUT2D eigenvalue weighted by Crippen LogP contribution is -2.41. The standard InChI is InChI=1S/C16H20N4O6/c1-2-17-16(23)18-14(21)10-26-15(22)11-5-6-12(13(9-11)20(24)25)19-7-3-4-8-19/h5-6,9H,2-4,7-8,10H2,1H3,(H2,17,18,21,23). The van der Waals surface area contributed by atoms with E-state index in [1.54, 1.807) is 6.92 Å². The molecule has 0 saturated carbocycles. The van der Waals surface area contributed by atoms with E-state index in [2.05, 4.69) is 5.32 Å². The Kier molecular flexibility index (Phi) is 6.48. The largest absolute Gasteiger partial charge is 0.452 e. The molecule has 140 valence electrons. The van der Waals surface area contributed by atoms with Crippen LogP contribution in [0.2, 0.25) is 0 Å². The molecule has 10 nitrogen and oxygen atoms in total. The summed E-state index contributed by atoms with van der Waals surface area (Å²) in [6.45, 7) is 2.81. The van der Waals surface area contributed by atoms with Crippen LogP contribution in [0.15, 0.2) is 18.2 Å². The second kappa shape index (κ2) is 8.79. The van der Waals surface area contributed by atoms with Crippen LogP contribution in [0.5, 0.6) is 0 Å². The molecule has 1 fully saturated rings. The minimum atomic E-state index is -0.882. The van der Waals surface area contributed by atoms with Crippen molar-refractivity contribution in [1.29, 1.82) is 0 Å². The van der Waals surface area contributed by atoms with E-state index in [9.17, 15) is 24.5 Å². The number of anilines is 1. The summed E-state index contributed by atoms with van der Waals surface area (Å²) in [6.07, 6.45) is 1.92. The highest BCUT2D eigenvalue weighted by Crippen LogP contribution is 2.31. The molecular weight excluding hydrogens is 344 g/mol. The number of urea groups is 1. The Bertz CT molecular complexity index is 715. The predicted molar refractivity (Wildman–Crippen MR) is 92.0 cm³/mol. The maximum atomic E-state index is 12.0. The lowest BCUT2D eigenvalue weighted by molar-refractivity contribution is -0.384. The first kappa shape index (κ1) is 19.2. The lowest BCUT2D eigenvalue weighted by Gasteiger charge is -2.17. The summed E-state index contributed by atoms with van der Waals surface area (Å²) in [5.41, 5.74) is 0.233. The van der Waals surface area contributed by atoms with Crippen LogP contribution in [-0.4, -0.2) is 49.1 Å². The summed E-state index contributed by atoms with van der Waals surface area (Å²) in [5, 5.41) is 15.7. The van der Waals surface area contributed by atoms with Gasteiger partial charge in [0, 0.05) is 25.7 Å². The zero-order valence-electron chi connectivity index (χ0n) is 14.3. The van der Waals surface area contributed by atoms with Gasteiger partial charge in [-0.3, -0.25) is 20.2 Å². The highest BCUT2D eigenvalue weighted by molar-refractivity contribution is 5.97. The van der Waals surface area contributed by atoms with Crippen LogP contribution in [0.1, 0.15) is 30.1 Å². The summed E-state index contributed by atoms with van der Waals surface area (Å²) in [5.74, 6) is -1.68. The van der Waals surface area contributed by atoms with Crippen LogP contribution in [0.3, 0.4) is 0 Å². The van der Waals surface area contributed by atoms with E-state index in [1.165, 1.54) is 12.1 Å². The number of hydrogen-bond donors (Lipinski definition) is 2. The first-order chi connectivity index (χ1) is 12.4. The molecule has 0 radical (unpaired) electrons. The molecule has 1 saturated heterocycles. The molecule has 1 heterocycles. The van der Waals surface area contributed by atoms with Crippen molar-refractivity contribution in [1.82, 2.24) is 10.6 Å². The number of benzene rings is 1. The molecule has 2 rings (SSSR count). The third-order valence-electron chi connectivity index (χ3n) is 3.78. The zero-order chi connectivity index (χ0) is 19.1. The summed E-state index contributed by atoms with van der Waals surface area (Å²) < 4.78 is 4.80. The normalized spacial score (nSPS) is 13.2. The van der Waals surface area contributed by atoms with Crippen LogP contribution in [0.25, 0.3) is 0 Å². The smallest absolute Gasteiger partial charge is 0.338 e. The van der Waals surface area contributed by atoms with Crippen molar-refractivity contribution in [2.24, 2.45) is 0 Å². The minimum Gasteiger partial charge on any atom is -0.452 e. The van der Waals surface area contributed by atoms with Crippen molar-refractivity contribution in [3.8, 4) is 0 Å². The molecule has 0 spiro atoms. The van der Waals surface area contributed by atoms with Gasteiger partial charge in [-0.1, -0.05) is 0 Å². The first-order valence-electron chi connectivity index (χ1n) is 8.20. The molecule has 1 aliphatic heterocycles. The number of esters is 1. The quantitative estimate of drug-likeness (QED) is 0.440. The summed E-state index contributed by atoms with van der Waals surface area (Å²) in [6, 6.07) is 3.37. The predicted octanol–water partition coefficient (Wildman–Crippen LogP) is 1.20. The fraction of sp³-hybridized carbons (Fsp3) is 0.438. The second-order valence-corrected chi connectivity index (χ2v) is 5.64. The van der Waals surface area contributed by atoms with E-state index < -0.39 is 29.4 Å². The van der Waals surface area contributed by atoms with Gasteiger partial charge >= 0.3 is 12.0 Å². The summed E-state index contributed by atoms with van der Waals surface area (Å²) >= 11 is 0. The molecule has 0 aliphatic carbocycles. The topological polar surface area (TPSA) is 131 Å². The number of nitrogens with zero attached hydrogens (tertiary/aromatic N) is 2. The van der Waals surface area contributed by atoms with Crippen molar-refractivity contribution in [3.05, 3.63) is 33.9 Å². The Morgan fingerprint density at radius 3 is 2.58 bits per heavy atom. The van der Waals surface area contributed by atoms with Crippen LogP contribution >= 0.6 is 0 Å². The van der Waals surface area contributed by atoms with Crippen molar-refractivity contribution in [2.75, 3.05) is 31.1 Å². The van der Waals surface area contributed by atoms with Gasteiger partial charge in [-0.2, -0.15) is 0 Å². The van der Waals surface area contributed by atoms with Crippen molar-refractivity contribution in [3.63, 3.8) is 0 Å². The summed E-state index contributed by atoms with van der Waals surface area (Å²) in [4.78, 5) is 47.4. The van der Waals surface area contributed by atoms with Crippen molar-refractivity contribution in [2.45, 2.75) is 19.8 Å². The molecular formula is C16H20N4O6. The van der Waals surface area contributed by atoms with E-state index in [1.807, 2.05) is 10.2 Å². The van der Waals surface area contributed by atoms with Gasteiger partial charge in [0.1, 0.15) is 5.69 Å². The number of hydrogen-bond acceptors (Lipinski definition) is 7. The minimum absolute atomic E-state index is 0.0366. The number of amides is 3. The van der Waals surface area contributed by atoms with Crippen LogP contribution in [0, 0.1) is 10.1 Å². The molecule has 0 bridgehead atoms. The number of carbonyl (C=O) groups excluding carboxylic acids is 3. The third kappa shape index (κ3) is 4.91. The number of carbonyl (C=O) groups is 3. The second-order valence-electron chi connectivity index (χ2n) is 5.64.